The summed E-state index contributed by atoms with van der Waals surface area (Å²) in [5.41, 5.74) is 0.670. The van der Waals surface area contributed by atoms with Crippen molar-refractivity contribution in [2.24, 2.45) is 0 Å². The summed E-state index contributed by atoms with van der Waals surface area (Å²) in [5, 5.41) is 38.0. The number of aliphatic hydroxyl groups is 3. The van der Waals surface area contributed by atoms with Gasteiger partial charge in [0.25, 0.3) is 0 Å². The molecule has 0 radical (unpaired) electrons. The van der Waals surface area contributed by atoms with E-state index < -0.39 is 36.7 Å². The van der Waals surface area contributed by atoms with E-state index in [4.69, 9.17) is 14.6 Å². The summed E-state index contributed by atoms with van der Waals surface area (Å²) in [4.78, 5) is 11.7. The molecule has 1 heterocycles. The van der Waals surface area contributed by atoms with Crippen LogP contribution in [0.5, 0.6) is 5.75 Å². The van der Waals surface area contributed by atoms with E-state index in [0.717, 1.165) is 6.08 Å². The third-order valence-corrected chi connectivity index (χ3v) is 3.35. The van der Waals surface area contributed by atoms with Crippen LogP contribution >= 0.6 is 0 Å². The van der Waals surface area contributed by atoms with E-state index in [0.29, 0.717) is 5.56 Å². The molecule has 0 aromatic heterocycles. The Balaban J connectivity index is 1.95. The number of phenolic OH excluding ortho intramolecular Hbond substituents is 1. The van der Waals surface area contributed by atoms with Gasteiger partial charge in [0.05, 0.1) is 6.10 Å². The lowest BCUT2D eigenvalue weighted by Gasteiger charge is -2.38. The average molecular weight is 310 g/mol. The summed E-state index contributed by atoms with van der Waals surface area (Å²) in [7, 11) is 0. The molecule has 7 nitrogen and oxygen atoms in total. The molecule has 0 spiro atoms. The second-order valence-corrected chi connectivity index (χ2v) is 5.04. The molecule has 0 unspecified atom stereocenters. The number of hydrogen-bond donors (Lipinski definition) is 4. The van der Waals surface area contributed by atoms with Gasteiger partial charge in [-0.1, -0.05) is 12.1 Å². The molecular weight excluding hydrogens is 292 g/mol. The Bertz CT molecular complexity index is 539. The van der Waals surface area contributed by atoms with Gasteiger partial charge in [-0.05, 0) is 30.7 Å². The van der Waals surface area contributed by atoms with E-state index in [1.54, 1.807) is 12.1 Å². The number of ether oxygens (including phenoxy) is 2. The number of esters is 1. The monoisotopic (exact) mass is 310 g/mol. The van der Waals surface area contributed by atoms with Crippen molar-refractivity contribution in [3.05, 3.63) is 35.9 Å². The topological polar surface area (TPSA) is 116 Å². The fourth-order valence-corrected chi connectivity index (χ4v) is 2.01. The number of carbonyl (C=O) groups is 1. The standard InChI is InChI=1S/C15H18O7/c1-8-12(18)13(19)14(20)15(21-8)22-11(17)7-4-9-2-5-10(16)6-3-9/h2-8,12-16,18-20H,1H3/b7-4+/t8-,12-,13-,14-,15+/m1/s1. The molecule has 5 atom stereocenters. The summed E-state index contributed by atoms with van der Waals surface area (Å²) < 4.78 is 10.1. The maximum atomic E-state index is 11.7. The van der Waals surface area contributed by atoms with Crippen LogP contribution in [0, 0.1) is 0 Å². The number of rotatable bonds is 3. The highest BCUT2D eigenvalue weighted by molar-refractivity contribution is 5.87. The Morgan fingerprint density at radius 1 is 1.14 bits per heavy atom. The lowest BCUT2D eigenvalue weighted by Crippen LogP contribution is -2.57. The van der Waals surface area contributed by atoms with Gasteiger partial charge < -0.3 is 29.9 Å². The van der Waals surface area contributed by atoms with Crippen LogP contribution in [0.2, 0.25) is 0 Å². The number of hydrogen-bond acceptors (Lipinski definition) is 7. The lowest BCUT2D eigenvalue weighted by molar-refractivity contribution is -0.283. The largest absolute Gasteiger partial charge is 0.508 e. The quantitative estimate of drug-likeness (QED) is 0.450. The molecule has 0 bridgehead atoms. The first-order valence-electron chi connectivity index (χ1n) is 6.76. The van der Waals surface area contributed by atoms with Gasteiger partial charge in [0.1, 0.15) is 24.1 Å². The van der Waals surface area contributed by atoms with Crippen molar-refractivity contribution in [2.45, 2.75) is 37.6 Å². The number of benzene rings is 1. The van der Waals surface area contributed by atoms with Crippen LogP contribution in [0.3, 0.4) is 0 Å². The summed E-state index contributed by atoms with van der Waals surface area (Å²) >= 11 is 0. The Labute approximate surface area is 127 Å². The molecule has 1 fully saturated rings. The molecule has 1 aliphatic rings. The zero-order chi connectivity index (χ0) is 16.3. The van der Waals surface area contributed by atoms with Crippen molar-refractivity contribution in [2.75, 3.05) is 0 Å². The van der Waals surface area contributed by atoms with Crippen molar-refractivity contribution >= 4 is 12.0 Å². The first-order valence-corrected chi connectivity index (χ1v) is 6.76. The Kier molecular flexibility index (Phi) is 5.15. The Morgan fingerprint density at radius 3 is 2.41 bits per heavy atom. The fraction of sp³-hybridized carbons (Fsp3) is 0.400. The van der Waals surface area contributed by atoms with Gasteiger partial charge >= 0.3 is 5.97 Å². The maximum absolute atomic E-state index is 11.7. The van der Waals surface area contributed by atoms with E-state index in [2.05, 4.69) is 0 Å². The molecule has 2 rings (SSSR count). The number of phenols is 1. The molecule has 22 heavy (non-hydrogen) atoms. The van der Waals surface area contributed by atoms with Crippen LogP contribution in [0.15, 0.2) is 30.3 Å². The normalized spacial score (nSPS) is 32.1. The minimum atomic E-state index is -1.53. The highest BCUT2D eigenvalue weighted by Crippen LogP contribution is 2.22. The van der Waals surface area contributed by atoms with Crippen molar-refractivity contribution in [1.82, 2.24) is 0 Å². The third-order valence-electron chi connectivity index (χ3n) is 3.35. The van der Waals surface area contributed by atoms with Crippen molar-refractivity contribution in [3.8, 4) is 5.75 Å². The smallest absolute Gasteiger partial charge is 0.333 e. The molecule has 0 amide bonds. The molecule has 7 heteroatoms. The Morgan fingerprint density at radius 2 is 1.77 bits per heavy atom. The predicted octanol–water partition coefficient (Wildman–Crippen LogP) is -0.224. The molecule has 0 aliphatic carbocycles. The lowest BCUT2D eigenvalue weighted by atomic mass is 10.0. The molecule has 120 valence electrons. The third kappa shape index (κ3) is 3.83. The number of carbonyl (C=O) groups excluding carboxylic acids is 1. The van der Waals surface area contributed by atoms with Gasteiger partial charge in [0, 0.05) is 6.08 Å². The van der Waals surface area contributed by atoms with E-state index in [9.17, 15) is 20.1 Å². The fourth-order valence-electron chi connectivity index (χ4n) is 2.01. The zero-order valence-electron chi connectivity index (χ0n) is 11.9. The summed E-state index contributed by atoms with van der Waals surface area (Å²) in [5.74, 6) is -0.659. The highest BCUT2D eigenvalue weighted by atomic mass is 16.7. The summed E-state index contributed by atoms with van der Waals surface area (Å²) in [6.45, 7) is 1.49. The number of aliphatic hydroxyl groups excluding tert-OH is 3. The van der Waals surface area contributed by atoms with Crippen LogP contribution < -0.4 is 0 Å². The van der Waals surface area contributed by atoms with Gasteiger partial charge in [-0.25, -0.2) is 4.79 Å². The average Bonchev–Trinajstić information content (AvgIpc) is 2.50. The highest BCUT2D eigenvalue weighted by Gasteiger charge is 2.43. The van der Waals surface area contributed by atoms with Gasteiger partial charge in [-0.3, -0.25) is 0 Å². The minimum absolute atomic E-state index is 0.111. The van der Waals surface area contributed by atoms with E-state index in [-0.39, 0.29) is 5.75 Å². The molecule has 1 saturated heterocycles. The van der Waals surface area contributed by atoms with Crippen LogP contribution in [-0.4, -0.2) is 57.1 Å². The minimum Gasteiger partial charge on any atom is -0.508 e. The SMILES string of the molecule is C[C@H]1O[C@@H](OC(=O)/C=C/c2ccc(O)cc2)[C@H](O)[C@H](O)[C@@H]1O. The van der Waals surface area contributed by atoms with Gasteiger partial charge in [-0.2, -0.15) is 0 Å². The molecule has 0 saturated carbocycles. The molecule has 1 aromatic rings. The van der Waals surface area contributed by atoms with Crippen LogP contribution in [-0.2, 0) is 14.3 Å². The zero-order valence-corrected chi connectivity index (χ0v) is 11.9. The predicted molar refractivity (Wildman–Crippen MR) is 75.6 cm³/mol. The second-order valence-electron chi connectivity index (χ2n) is 5.04. The van der Waals surface area contributed by atoms with Gasteiger partial charge in [0.15, 0.2) is 0 Å². The molecular formula is C15H18O7. The van der Waals surface area contributed by atoms with Crippen LogP contribution in [0.25, 0.3) is 6.08 Å². The molecule has 1 aromatic carbocycles. The first kappa shape index (κ1) is 16.4. The molecule has 4 N–H and O–H groups in total. The second kappa shape index (κ2) is 6.89. The molecule has 1 aliphatic heterocycles. The van der Waals surface area contributed by atoms with E-state index >= 15 is 0 Å². The van der Waals surface area contributed by atoms with Crippen molar-refractivity contribution < 1.29 is 34.7 Å². The van der Waals surface area contributed by atoms with Crippen LogP contribution in [0.4, 0.5) is 0 Å². The summed E-state index contributed by atoms with van der Waals surface area (Å²) in [6, 6.07) is 6.15. The van der Waals surface area contributed by atoms with Gasteiger partial charge in [-0.15, -0.1) is 0 Å². The Hall–Kier alpha value is -1.93. The van der Waals surface area contributed by atoms with Crippen molar-refractivity contribution in [3.63, 3.8) is 0 Å². The maximum Gasteiger partial charge on any atom is 0.333 e. The van der Waals surface area contributed by atoms with E-state index in [1.807, 2.05) is 0 Å². The van der Waals surface area contributed by atoms with E-state index in [1.165, 1.54) is 25.1 Å². The summed E-state index contributed by atoms with van der Waals surface area (Å²) in [6.07, 6.45) is -3.78. The number of aromatic hydroxyl groups is 1. The van der Waals surface area contributed by atoms with Crippen molar-refractivity contribution in [1.29, 1.82) is 0 Å². The first-order chi connectivity index (χ1) is 10.4. The van der Waals surface area contributed by atoms with Crippen LogP contribution in [0.1, 0.15) is 12.5 Å². The van der Waals surface area contributed by atoms with Gasteiger partial charge in [0.2, 0.25) is 6.29 Å².